The van der Waals surface area contributed by atoms with E-state index in [4.69, 9.17) is 17.3 Å². The van der Waals surface area contributed by atoms with Gasteiger partial charge in [0, 0.05) is 18.0 Å². The van der Waals surface area contributed by atoms with E-state index in [1.165, 1.54) is 6.07 Å². The number of aryl methyl sites for hydroxylation is 1. The number of carbonyl (C=O) groups is 1. The van der Waals surface area contributed by atoms with Crippen LogP contribution in [0.3, 0.4) is 0 Å². The Morgan fingerprint density at radius 3 is 2.92 bits per heavy atom. The zero-order chi connectivity index (χ0) is 9.84. The molecule has 1 rings (SSSR count). The molecule has 13 heavy (non-hydrogen) atoms. The van der Waals surface area contributed by atoms with E-state index in [1.807, 2.05) is 0 Å². The number of hydrogen-bond donors (Lipinski definition) is 2. The third-order valence-corrected chi connectivity index (χ3v) is 1.95. The Bertz CT molecular complexity index is 312. The quantitative estimate of drug-likeness (QED) is 0.576. The van der Waals surface area contributed by atoms with Gasteiger partial charge in [-0.2, -0.15) is 0 Å². The van der Waals surface area contributed by atoms with E-state index in [2.05, 4.69) is 14.7 Å². The monoisotopic (exact) mass is 218 g/mol. The van der Waals surface area contributed by atoms with E-state index in [0.717, 1.165) is 11.9 Å². The van der Waals surface area contributed by atoms with Gasteiger partial charge in [0.25, 0.3) is 0 Å². The minimum Gasteiger partial charge on any atom is -0.351 e. The van der Waals surface area contributed by atoms with Crippen molar-refractivity contribution in [3.05, 3.63) is 17.0 Å². The predicted octanol–water partition coefficient (Wildman–Crippen LogP) is 1.11. The van der Waals surface area contributed by atoms with Crippen LogP contribution in [0.25, 0.3) is 0 Å². The van der Waals surface area contributed by atoms with Crippen molar-refractivity contribution >= 4 is 29.6 Å². The summed E-state index contributed by atoms with van der Waals surface area (Å²) in [6, 6.07) is 0.909. The van der Waals surface area contributed by atoms with Gasteiger partial charge >= 0.3 is 6.03 Å². The number of nitrogens with zero attached hydrogens (tertiary/aromatic N) is 2. The van der Waals surface area contributed by atoms with Gasteiger partial charge in [-0.05, 0) is 6.92 Å². The number of nitrogens with one attached hydrogen (secondary N) is 1. The van der Waals surface area contributed by atoms with Crippen LogP contribution in [0, 0.1) is 6.92 Å². The Labute approximate surface area is 84.2 Å². The molecule has 1 heterocycles. The Kier molecular flexibility index (Phi) is 3.32. The van der Waals surface area contributed by atoms with Crippen LogP contribution in [0.15, 0.2) is 11.1 Å². The van der Waals surface area contributed by atoms with Crippen molar-refractivity contribution in [2.24, 2.45) is 5.73 Å². The molecule has 0 saturated carbocycles. The topological polar surface area (TPSA) is 80.9 Å². The van der Waals surface area contributed by atoms with Crippen LogP contribution in [0.2, 0.25) is 5.15 Å². The van der Waals surface area contributed by atoms with E-state index in [0.29, 0.717) is 16.0 Å². The second kappa shape index (κ2) is 4.29. The van der Waals surface area contributed by atoms with Gasteiger partial charge in [-0.3, -0.25) is 4.72 Å². The molecular weight excluding hydrogens is 212 g/mol. The summed E-state index contributed by atoms with van der Waals surface area (Å²) in [5.74, 6) is 0.543. The van der Waals surface area contributed by atoms with Crippen molar-refractivity contribution in [2.75, 3.05) is 0 Å². The number of nitrogens with two attached hydrogens (primary N) is 1. The highest BCUT2D eigenvalue weighted by molar-refractivity contribution is 7.97. The summed E-state index contributed by atoms with van der Waals surface area (Å²) in [5.41, 5.74) is 4.87. The molecule has 2 amide bonds. The normalized spacial score (nSPS) is 9.69. The fourth-order valence-corrected chi connectivity index (χ4v) is 1.50. The van der Waals surface area contributed by atoms with Gasteiger partial charge in [-0.25, -0.2) is 14.8 Å². The molecule has 70 valence electrons. The number of primary amides is 1. The summed E-state index contributed by atoms with van der Waals surface area (Å²) in [7, 11) is 0. The maximum Gasteiger partial charge on any atom is 0.322 e. The van der Waals surface area contributed by atoms with Crippen molar-refractivity contribution in [2.45, 2.75) is 11.9 Å². The number of urea groups is 1. The second-order valence-electron chi connectivity index (χ2n) is 2.14. The Morgan fingerprint density at radius 1 is 1.69 bits per heavy atom. The summed E-state index contributed by atoms with van der Waals surface area (Å²) >= 11 is 6.65. The molecule has 1 aromatic heterocycles. The fourth-order valence-electron chi connectivity index (χ4n) is 0.660. The first-order valence-corrected chi connectivity index (χ1v) is 4.51. The number of rotatable bonds is 2. The fraction of sp³-hybridized carbons (Fsp3) is 0.167. The highest BCUT2D eigenvalue weighted by Crippen LogP contribution is 2.15. The first-order valence-electron chi connectivity index (χ1n) is 3.31. The molecule has 0 saturated heterocycles. The second-order valence-corrected chi connectivity index (χ2v) is 3.36. The van der Waals surface area contributed by atoms with Crippen molar-refractivity contribution in [1.82, 2.24) is 14.7 Å². The molecular formula is C6H7ClN4OS. The number of halogens is 1. The maximum absolute atomic E-state index is 10.4. The van der Waals surface area contributed by atoms with Crippen molar-refractivity contribution in [1.29, 1.82) is 0 Å². The lowest BCUT2D eigenvalue weighted by molar-refractivity contribution is 0.254. The molecule has 0 atom stereocenters. The highest BCUT2D eigenvalue weighted by atomic mass is 35.5. The van der Waals surface area contributed by atoms with Crippen LogP contribution in [0.5, 0.6) is 0 Å². The van der Waals surface area contributed by atoms with Gasteiger partial charge in [0.15, 0.2) is 0 Å². The van der Waals surface area contributed by atoms with Gasteiger partial charge in [0.1, 0.15) is 16.0 Å². The van der Waals surface area contributed by atoms with Crippen LogP contribution in [0.4, 0.5) is 4.79 Å². The molecule has 1 aromatic rings. The van der Waals surface area contributed by atoms with Crippen molar-refractivity contribution in [3.8, 4) is 0 Å². The summed E-state index contributed by atoms with van der Waals surface area (Å²) in [4.78, 5) is 18.2. The van der Waals surface area contributed by atoms with E-state index < -0.39 is 6.03 Å². The molecule has 0 radical (unpaired) electrons. The van der Waals surface area contributed by atoms with Gasteiger partial charge in [-0.15, -0.1) is 0 Å². The average molecular weight is 219 g/mol. The van der Waals surface area contributed by atoms with E-state index in [1.54, 1.807) is 6.92 Å². The molecule has 0 spiro atoms. The summed E-state index contributed by atoms with van der Waals surface area (Å²) in [5, 5.41) is 0.887. The number of amides is 2. The maximum atomic E-state index is 10.4. The molecule has 0 aliphatic carbocycles. The number of hydrogen-bond acceptors (Lipinski definition) is 4. The first kappa shape index (κ1) is 10.1. The molecule has 3 N–H and O–H groups in total. The minimum absolute atomic E-state index is 0.335. The molecule has 0 aliphatic rings. The Hall–Kier alpha value is -1.01. The SMILES string of the molecule is Cc1nc(Cl)cc(SNC(N)=O)n1. The lowest BCUT2D eigenvalue weighted by Gasteiger charge is -2.01. The standard InChI is InChI=1S/C6H7ClN4OS/c1-3-9-4(7)2-5(10-3)13-11-6(8)12/h2H,1H3,(H3,8,11,12). The molecule has 0 fully saturated rings. The highest BCUT2D eigenvalue weighted by Gasteiger charge is 2.01. The summed E-state index contributed by atoms with van der Waals surface area (Å²) in [6.45, 7) is 1.71. The molecule has 5 nitrogen and oxygen atoms in total. The molecule has 0 aliphatic heterocycles. The van der Waals surface area contributed by atoms with Crippen molar-refractivity contribution in [3.63, 3.8) is 0 Å². The zero-order valence-corrected chi connectivity index (χ0v) is 8.32. The smallest absolute Gasteiger partial charge is 0.322 e. The van der Waals surface area contributed by atoms with Crippen LogP contribution < -0.4 is 10.5 Å². The van der Waals surface area contributed by atoms with Crippen LogP contribution >= 0.6 is 23.5 Å². The largest absolute Gasteiger partial charge is 0.351 e. The third-order valence-electron chi connectivity index (χ3n) is 1.04. The number of aromatic nitrogens is 2. The first-order chi connectivity index (χ1) is 6.08. The number of carbonyl (C=O) groups excluding carboxylic acids is 1. The predicted molar refractivity (Wildman–Crippen MR) is 50.4 cm³/mol. The molecule has 0 bridgehead atoms. The molecule has 0 aromatic carbocycles. The van der Waals surface area contributed by atoms with E-state index >= 15 is 0 Å². The molecule has 0 unspecified atom stereocenters. The Morgan fingerprint density at radius 2 is 2.38 bits per heavy atom. The summed E-state index contributed by atoms with van der Waals surface area (Å²) in [6.07, 6.45) is 0. The lowest BCUT2D eigenvalue weighted by Crippen LogP contribution is -2.22. The minimum atomic E-state index is -0.627. The van der Waals surface area contributed by atoms with Crippen LogP contribution in [-0.2, 0) is 0 Å². The van der Waals surface area contributed by atoms with Crippen LogP contribution in [0.1, 0.15) is 5.82 Å². The van der Waals surface area contributed by atoms with Crippen molar-refractivity contribution < 1.29 is 4.79 Å². The van der Waals surface area contributed by atoms with Gasteiger partial charge in [0.2, 0.25) is 0 Å². The van der Waals surface area contributed by atoms with E-state index in [-0.39, 0.29) is 0 Å². The summed E-state index contributed by atoms with van der Waals surface area (Å²) < 4.78 is 2.32. The van der Waals surface area contributed by atoms with Gasteiger partial charge < -0.3 is 5.73 Å². The van der Waals surface area contributed by atoms with Crippen LogP contribution in [-0.4, -0.2) is 16.0 Å². The van der Waals surface area contributed by atoms with Gasteiger partial charge in [-0.1, -0.05) is 11.6 Å². The van der Waals surface area contributed by atoms with E-state index in [9.17, 15) is 4.79 Å². The third kappa shape index (κ3) is 3.47. The lowest BCUT2D eigenvalue weighted by atomic mass is 10.6. The zero-order valence-electron chi connectivity index (χ0n) is 6.74. The molecule has 7 heteroatoms. The average Bonchev–Trinajstić information content (AvgIpc) is 1.99. The van der Waals surface area contributed by atoms with Gasteiger partial charge in [0.05, 0.1) is 0 Å². The Balaban J connectivity index is 2.71.